The molecule has 1 aromatic carbocycles. The number of hydrogen-bond donors (Lipinski definition) is 2. The number of anilines is 1. The molecule has 2 N–H and O–H groups in total. The fourth-order valence-electron chi connectivity index (χ4n) is 3.73. The molecule has 31 heavy (non-hydrogen) atoms. The van der Waals surface area contributed by atoms with E-state index in [9.17, 15) is 9.59 Å². The van der Waals surface area contributed by atoms with Crippen LogP contribution in [0.3, 0.4) is 0 Å². The molecule has 6 heteroatoms. The number of hydrogen-bond acceptors (Lipinski definition) is 4. The maximum absolute atomic E-state index is 12.4. The Morgan fingerprint density at radius 2 is 1.81 bits per heavy atom. The highest BCUT2D eigenvalue weighted by atomic mass is 16.5. The number of rotatable bonds is 8. The second-order valence-electron chi connectivity index (χ2n) is 8.36. The van der Waals surface area contributed by atoms with Gasteiger partial charge in [-0.15, -0.1) is 0 Å². The summed E-state index contributed by atoms with van der Waals surface area (Å²) in [5, 5.41) is 5.76. The van der Waals surface area contributed by atoms with Crippen LogP contribution in [0.2, 0.25) is 0 Å². The van der Waals surface area contributed by atoms with Gasteiger partial charge in [0, 0.05) is 23.9 Å². The summed E-state index contributed by atoms with van der Waals surface area (Å²) in [6.07, 6.45) is 13.2. The van der Waals surface area contributed by atoms with Gasteiger partial charge in [-0.1, -0.05) is 31.4 Å². The molecule has 2 saturated carbocycles. The van der Waals surface area contributed by atoms with Crippen LogP contribution in [0.15, 0.2) is 48.7 Å². The molecule has 0 aliphatic heterocycles. The summed E-state index contributed by atoms with van der Waals surface area (Å²) in [5.74, 6) is 1.27. The molecule has 1 aromatic heterocycles. The zero-order chi connectivity index (χ0) is 21.5. The fraction of sp³-hybridized carbons (Fsp3) is 0.400. The van der Waals surface area contributed by atoms with E-state index in [-0.39, 0.29) is 11.8 Å². The molecule has 0 spiro atoms. The number of amides is 2. The van der Waals surface area contributed by atoms with E-state index >= 15 is 0 Å². The number of carbonyl (C=O) groups excluding carboxylic acids is 2. The first-order valence-electron chi connectivity index (χ1n) is 11.2. The van der Waals surface area contributed by atoms with Gasteiger partial charge < -0.3 is 15.4 Å². The second-order valence-corrected chi connectivity index (χ2v) is 8.36. The Morgan fingerprint density at radius 1 is 1.03 bits per heavy atom. The monoisotopic (exact) mass is 419 g/mol. The standard InChI is InChI=1S/C25H29N3O3/c29-23(15-10-18-8-11-20(12-9-18)25(30)27-21-13-14-21)28-24-22(7-4-16-26-24)31-17-19-5-2-1-3-6-19/h4,7-12,15-16,19,21H,1-3,5-6,13-14,17H2,(H,27,30)(H,26,28,29)/b15-10+. The van der Waals surface area contributed by atoms with E-state index in [1.165, 1.54) is 38.2 Å². The Morgan fingerprint density at radius 3 is 2.55 bits per heavy atom. The smallest absolute Gasteiger partial charge is 0.251 e. The fourth-order valence-corrected chi connectivity index (χ4v) is 3.73. The lowest BCUT2D eigenvalue weighted by molar-refractivity contribution is -0.111. The Balaban J connectivity index is 1.30. The van der Waals surface area contributed by atoms with Crippen LogP contribution in [0.5, 0.6) is 5.75 Å². The van der Waals surface area contributed by atoms with Crippen molar-refractivity contribution in [2.45, 2.75) is 51.0 Å². The first kappa shape index (κ1) is 21.1. The first-order valence-corrected chi connectivity index (χ1v) is 11.2. The number of nitrogens with one attached hydrogen (secondary N) is 2. The summed E-state index contributed by atoms with van der Waals surface area (Å²) >= 11 is 0. The van der Waals surface area contributed by atoms with Gasteiger partial charge in [-0.2, -0.15) is 0 Å². The van der Waals surface area contributed by atoms with Crippen molar-refractivity contribution in [1.82, 2.24) is 10.3 Å². The summed E-state index contributed by atoms with van der Waals surface area (Å²) in [6, 6.07) is 11.2. The van der Waals surface area contributed by atoms with Crippen LogP contribution < -0.4 is 15.4 Å². The van der Waals surface area contributed by atoms with E-state index in [0.29, 0.717) is 35.7 Å². The van der Waals surface area contributed by atoms with Crippen LogP contribution in [-0.4, -0.2) is 29.4 Å². The predicted molar refractivity (Wildman–Crippen MR) is 121 cm³/mol. The van der Waals surface area contributed by atoms with Crippen molar-refractivity contribution in [3.63, 3.8) is 0 Å². The van der Waals surface area contributed by atoms with Crippen molar-refractivity contribution < 1.29 is 14.3 Å². The molecule has 0 unspecified atom stereocenters. The van der Waals surface area contributed by atoms with Gasteiger partial charge in [0.15, 0.2) is 11.6 Å². The zero-order valence-corrected chi connectivity index (χ0v) is 17.7. The van der Waals surface area contributed by atoms with Crippen LogP contribution >= 0.6 is 0 Å². The third kappa shape index (κ3) is 6.41. The van der Waals surface area contributed by atoms with Crippen molar-refractivity contribution in [2.75, 3.05) is 11.9 Å². The van der Waals surface area contributed by atoms with Gasteiger partial charge >= 0.3 is 0 Å². The quantitative estimate of drug-likeness (QED) is 0.614. The molecule has 2 aromatic rings. The van der Waals surface area contributed by atoms with Gasteiger partial charge in [0.05, 0.1) is 6.61 Å². The molecule has 6 nitrogen and oxygen atoms in total. The van der Waals surface area contributed by atoms with E-state index in [1.54, 1.807) is 24.4 Å². The van der Waals surface area contributed by atoms with Gasteiger partial charge in [-0.25, -0.2) is 4.98 Å². The van der Waals surface area contributed by atoms with Crippen molar-refractivity contribution >= 4 is 23.7 Å². The molecule has 2 fully saturated rings. The van der Waals surface area contributed by atoms with E-state index in [1.807, 2.05) is 24.3 Å². The highest BCUT2D eigenvalue weighted by Crippen LogP contribution is 2.27. The SMILES string of the molecule is O=C(/C=C/c1ccc(C(=O)NC2CC2)cc1)Nc1ncccc1OCC1CCCCC1. The number of pyridine rings is 1. The number of nitrogens with zero attached hydrogens (tertiary/aromatic N) is 1. The topological polar surface area (TPSA) is 80.3 Å². The average Bonchev–Trinajstić information content (AvgIpc) is 3.62. The van der Waals surface area contributed by atoms with E-state index in [4.69, 9.17) is 4.74 Å². The van der Waals surface area contributed by atoms with Crippen molar-refractivity contribution in [3.05, 3.63) is 59.8 Å². The Bertz CT molecular complexity index is 929. The summed E-state index contributed by atoms with van der Waals surface area (Å²) in [5.41, 5.74) is 1.47. The molecule has 0 atom stereocenters. The minimum absolute atomic E-state index is 0.0494. The summed E-state index contributed by atoms with van der Waals surface area (Å²) in [7, 11) is 0. The number of carbonyl (C=O) groups is 2. The maximum Gasteiger partial charge on any atom is 0.251 e. The molecule has 2 aliphatic rings. The van der Waals surface area contributed by atoms with Crippen LogP contribution in [0.1, 0.15) is 60.9 Å². The minimum atomic E-state index is -0.281. The lowest BCUT2D eigenvalue weighted by Gasteiger charge is -2.22. The predicted octanol–water partition coefficient (Wildman–Crippen LogP) is 4.58. The molecule has 162 valence electrons. The third-order valence-corrected chi connectivity index (χ3v) is 5.72. The Hall–Kier alpha value is -3.15. The minimum Gasteiger partial charge on any atom is -0.489 e. The molecule has 0 radical (unpaired) electrons. The van der Waals surface area contributed by atoms with Gasteiger partial charge in [-0.05, 0) is 67.5 Å². The number of benzene rings is 1. The summed E-state index contributed by atoms with van der Waals surface area (Å²) < 4.78 is 5.97. The molecular formula is C25H29N3O3. The lowest BCUT2D eigenvalue weighted by atomic mass is 9.90. The van der Waals surface area contributed by atoms with E-state index in [0.717, 1.165) is 18.4 Å². The van der Waals surface area contributed by atoms with Crippen LogP contribution in [0, 0.1) is 5.92 Å². The molecule has 0 saturated heterocycles. The summed E-state index contributed by atoms with van der Waals surface area (Å²) in [6.45, 7) is 0.658. The normalized spacial score (nSPS) is 16.8. The van der Waals surface area contributed by atoms with Crippen molar-refractivity contribution in [1.29, 1.82) is 0 Å². The molecule has 4 rings (SSSR count). The number of aromatic nitrogens is 1. The van der Waals surface area contributed by atoms with Crippen molar-refractivity contribution in [2.24, 2.45) is 5.92 Å². The van der Waals surface area contributed by atoms with Gasteiger partial charge in [-0.3, -0.25) is 9.59 Å². The highest BCUT2D eigenvalue weighted by Gasteiger charge is 2.23. The van der Waals surface area contributed by atoms with E-state index in [2.05, 4.69) is 15.6 Å². The molecule has 1 heterocycles. The van der Waals surface area contributed by atoms with E-state index < -0.39 is 0 Å². The zero-order valence-electron chi connectivity index (χ0n) is 17.7. The highest BCUT2D eigenvalue weighted by molar-refractivity contribution is 6.02. The maximum atomic E-state index is 12.4. The van der Waals surface area contributed by atoms with Gasteiger partial charge in [0.2, 0.25) is 5.91 Å². The Kier molecular flexibility index (Phi) is 6.97. The Labute approximate surface area is 183 Å². The van der Waals surface area contributed by atoms with Gasteiger partial charge in [0.1, 0.15) is 0 Å². The first-order chi connectivity index (χ1) is 15.2. The average molecular weight is 420 g/mol. The van der Waals surface area contributed by atoms with Gasteiger partial charge in [0.25, 0.3) is 5.91 Å². The third-order valence-electron chi connectivity index (χ3n) is 5.72. The molecule has 2 aliphatic carbocycles. The number of ether oxygens (including phenoxy) is 1. The van der Waals surface area contributed by atoms with Crippen LogP contribution in [0.4, 0.5) is 5.82 Å². The molecule has 0 bridgehead atoms. The lowest BCUT2D eigenvalue weighted by Crippen LogP contribution is -2.25. The molecule has 2 amide bonds. The second kappa shape index (κ2) is 10.2. The molecular weight excluding hydrogens is 390 g/mol. The largest absolute Gasteiger partial charge is 0.489 e. The van der Waals surface area contributed by atoms with Crippen LogP contribution in [-0.2, 0) is 4.79 Å². The van der Waals surface area contributed by atoms with Crippen LogP contribution in [0.25, 0.3) is 6.08 Å². The summed E-state index contributed by atoms with van der Waals surface area (Å²) in [4.78, 5) is 28.7. The van der Waals surface area contributed by atoms with Crippen molar-refractivity contribution in [3.8, 4) is 5.75 Å².